The molecule has 1 amide bonds. The molecule has 0 aliphatic rings. The molecule has 0 aliphatic carbocycles. The van der Waals surface area contributed by atoms with Crippen molar-refractivity contribution in [2.75, 3.05) is 6.54 Å². The Morgan fingerprint density at radius 1 is 1.27 bits per heavy atom. The third-order valence-electron chi connectivity index (χ3n) is 4.63. The highest BCUT2D eigenvalue weighted by Crippen LogP contribution is 2.26. The third-order valence-corrected chi connectivity index (χ3v) is 4.63. The van der Waals surface area contributed by atoms with Crippen LogP contribution >= 0.6 is 0 Å². The predicted octanol–water partition coefficient (Wildman–Crippen LogP) is 3.35. The lowest BCUT2D eigenvalue weighted by Crippen LogP contribution is -2.37. The van der Waals surface area contributed by atoms with Crippen molar-refractivity contribution in [3.63, 3.8) is 0 Å². The fourth-order valence-electron chi connectivity index (χ4n) is 3.38. The van der Waals surface area contributed by atoms with Gasteiger partial charge in [-0.25, -0.2) is 9.78 Å². The fraction of sp³-hybridized carbons (Fsp3) is 0.500. The summed E-state index contributed by atoms with van der Waals surface area (Å²) in [6.45, 7) is 11.6. The molecular weight excluding hydrogens is 384 g/mol. The number of hydrogen-bond donors (Lipinski definition) is 1. The van der Waals surface area contributed by atoms with Gasteiger partial charge in [-0.3, -0.25) is 0 Å². The van der Waals surface area contributed by atoms with Gasteiger partial charge in [-0.05, 0) is 47.6 Å². The highest BCUT2D eigenvalue weighted by atomic mass is 16.6. The number of ether oxygens (including phenoxy) is 1. The van der Waals surface area contributed by atoms with E-state index in [2.05, 4.69) is 0 Å². The second-order valence-electron chi connectivity index (χ2n) is 9.13. The number of amides is 1. The minimum Gasteiger partial charge on any atom is -0.618 e. The van der Waals surface area contributed by atoms with Crippen LogP contribution in [0, 0.1) is 5.21 Å². The van der Waals surface area contributed by atoms with Crippen molar-refractivity contribution >= 4 is 28.0 Å². The van der Waals surface area contributed by atoms with Crippen molar-refractivity contribution < 1.29 is 19.4 Å². The van der Waals surface area contributed by atoms with Crippen molar-refractivity contribution in [3.8, 4) is 0 Å². The van der Waals surface area contributed by atoms with Crippen LogP contribution in [0.25, 0.3) is 21.9 Å². The van der Waals surface area contributed by atoms with Gasteiger partial charge in [0, 0.05) is 12.6 Å². The maximum Gasteiger partial charge on any atom is 0.410 e. The van der Waals surface area contributed by atoms with Crippen LogP contribution in [-0.4, -0.2) is 43.4 Å². The standard InChI is InChI=1S/C22H30N4O4/c1-7-24(20(27)30-21(2,3)4)13-18-23-19-15-10-8-9-11-16(15)26(29)12-17(19)25(18)14-22(5,6)28/h8-12,28H,7,13-14H2,1-6H3. The van der Waals surface area contributed by atoms with E-state index in [1.807, 2.05) is 44.4 Å². The molecule has 3 aromatic rings. The number of carbonyl (C=O) groups is 1. The van der Waals surface area contributed by atoms with E-state index < -0.39 is 17.3 Å². The van der Waals surface area contributed by atoms with Crippen LogP contribution in [-0.2, 0) is 17.8 Å². The number of imidazole rings is 1. The minimum absolute atomic E-state index is 0.198. The number of aromatic nitrogens is 3. The van der Waals surface area contributed by atoms with E-state index in [4.69, 9.17) is 9.72 Å². The average Bonchev–Trinajstić information content (AvgIpc) is 2.94. The quantitative estimate of drug-likeness (QED) is 0.510. The summed E-state index contributed by atoms with van der Waals surface area (Å²) < 4.78 is 8.14. The smallest absolute Gasteiger partial charge is 0.410 e. The normalized spacial score (nSPS) is 12.5. The van der Waals surface area contributed by atoms with Gasteiger partial charge >= 0.3 is 6.09 Å². The molecule has 162 valence electrons. The molecule has 0 radical (unpaired) electrons. The van der Waals surface area contributed by atoms with Gasteiger partial charge in [-0.15, -0.1) is 0 Å². The molecule has 0 saturated heterocycles. The van der Waals surface area contributed by atoms with Gasteiger partial charge in [0.25, 0.3) is 0 Å². The largest absolute Gasteiger partial charge is 0.618 e. The number of fused-ring (bicyclic) bond motifs is 3. The Hall–Kier alpha value is -2.87. The highest BCUT2D eigenvalue weighted by Gasteiger charge is 2.27. The summed E-state index contributed by atoms with van der Waals surface area (Å²) in [5.41, 5.74) is 0.148. The Labute approximate surface area is 176 Å². The van der Waals surface area contributed by atoms with Gasteiger partial charge in [0.15, 0.2) is 0 Å². The summed E-state index contributed by atoms with van der Waals surface area (Å²) in [4.78, 5) is 19.0. The molecule has 8 nitrogen and oxygen atoms in total. The lowest BCUT2D eigenvalue weighted by atomic mass is 10.1. The molecule has 3 rings (SSSR count). The zero-order chi connectivity index (χ0) is 22.3. The number of nitrogens with zero attached hydrogens (tertiary/aromatic N) is 4. The first-order valence-electron chi connectivity index (χ1n) is 10.1. The molecule has 8 heteroatoms. The van der Waals surface area contributed by atoms with Crippen LogP contribution in [0.1, 0.15) is 47.4 Å². The molecule has 0 saturated carbocycles. The second kappa shape index (κ2) is 7.75. The zero-order valence-corrected chi connectivity index (χ0v) is 18.5. The van der Waals surface area contributed by atoms with E-state index in [-0.39, 0.29) is 13.1 Å². The Kier molecular flexibility index (Phi) is 5.64. The van der Waals surface area contributed by atoms with Crippen LogP contribution in [0.4, 0.5) is 4.79 Å². The predicted molar refractivity (Wildman–Crippen MR) is 115 cm³/mol. The molecule has 0 spiro atoms. The molecule has 30 heavy (non-hydrogen) atoms. The van der Waals surface area contributed by atoms with E-state index in [0.717, 1.165) is 10.1 Å². The van der Waals surface area contributed by atoms with Crippen LogP contribution in [0.15, 0.2) is 30.5 Å². The molecule has 1 N–H and O–H groups in total. The number of carbonyl (C=O) groups excluding carboxylic acids is 1. The van der Waals surface area contributed by atoms with Gasteiger partial charge in [0.1, 0.15) is 22.5 Å². The zero-order valence-electron chi connectivity index (χ0n) is 18.5. The summed E-state index contributed by atoms with van der Waals surface area (Å²) in [5.74, 6) is 0.580. The molecule has 0 unspecified atom stereocenters. The first-order chi connectivity index (χ1) is 13.9. The summed E-state index contributed by atoms with van der Waals surface area (Å²) in [7, 11) is 0. The number of rotatable bonds is 5. The number of para-hydroxylation sites is 1. The maximum absolute atomic E-state index is 12.6. The number of hydrogen-bond acceptors (Lipinski definition) is 5. The molecule has 1 aromatic carbocycles. The Balaban J connectivity index is 2.13. The SMILES string of the molecule is CCN(Cc1nc2c3ccccc3[n+]([O-])cc2n1CC(C)(C)O)C(=O)OC(C)(C)C. The van der Waals surface area contributed by atoms with E-state index in [9.17, 15) is 15.1 Å². The topological polar surface area (TPSA) is 94.5 Å². The van der Waals surface area contributed by atoms with Gasteiger partial charge in [-0.1, -0.05) is 12.1 Å². The Morgan fingerprint density at radius 3 is 2.53 bits per heavy atom. The molecule has 0 aliphatic heterocycles. The second-order valence-corrected chi connectivity index (χ2v) is 9.13. The number of aliphatic hydroxyl groups is 1. The van der Waals surface area contributed by atoms with Gasteiger partial charge in [0.05, 0.1) is 24.1 Å². The van der Waals surface area contributed by atoms with Crippen molar-refractivity contribution in [1.82, 2.24) is 14.5 Å². The summed E-state index contributed by atoms with van der Waals surface area (Å²) >= 11 is 0. The maximum atomic E-state index is 12.6. The van der Waals surface area contributed by atoms with Crippen LogP contribution in [0.2, 0.25) is 0 Å². The van der Waals surface area contributed by atoms with Crippen molar-refractivity contribution in [3.05, 3.63) is 41.5 Å². The Morgan fingerprint density at radius 2 is 1.93 bits per heavy atom. The van der Waals surface area contributed by atoms with Crippen molar-refractivity contribution in [1.29, 1.82) is 0 Å². The molecule has 0 fully saturated rings. The van der Waals surface area contributed by atoms with Gasteiger partial charge < -0.3 is 24.5 Å². The van der Waals surface area contributed by atoms with Gasteiger partial charge in [-0.2, -0.15) is 4.73 Å². The van der Waals surface area contributed by atoms with E-state index in [0.29, 0.717) is 28.9 Å². The van der Waals surface area contributed by atoms with E-state index in [1.54, 1.807) is 30.9 Å². The van der Waals surface area contributed by atoms with Crippen LogP contribution in [0.3, 0.4) is 0 Å². The van der Waals surface area contributed by atoms with Gasteiger partial charge in [0.2, 0.25) is 11.7 Å². The summed E-state index contributed by atoms with van der Waals surface area (Å²) in [6.07, 6.45) is 1.04. The average molecular weight is 415 g/mol. The molecule has 0 bridgehead atoms. The molecular formula is C22H30N4O4. The first-order valence-corrected chi connectivity index (χ1v) is 10.1. The van der Waals surface area contributed by atoms with E-state index in [1.165, 1.54) is 6.20 Å². The molecule has 2 aromatic heterocycles. The third kappa shape index (κ3) is 4.64. The monoisotopic (exact) mass is 414 g/mol. The van der Waals surface area contributed by atoms with Crippen LogP contribution < -0.4 is 4.73 Å². The van der Waals surface area contributed by atoms with Crippen molar-refractivity contribution in [2.24, 2.45) is 0 Å². The highest BCUT2D eigenvalue weighted by molar-refractivity contribution is 6.00. The summed E-state index contributed by atoms with van der Waals surface area (Å²) in [6, 6.07) is 7.26. The lowest BCUT2D eigenvalue weighted by molar-refractivity contribution is -0.575. The molecule has 0 atom stereocenters. The Bertz CT molecular complexity index is 1080. The first kappa shape index (κ1) is 21.8. The summed E-state index contributed by atoms with van der Waals surface area (Å²) in [5, 5.41) is 23.8. The number of benzene rings is 1. The minimum atomic E-state index is -1.04. The van der Waals surface area contributed by atoms with Crippen LogP contribution in [0.5, 0.6) is 0 Å². The van der Waals surface area contributed by atoms with Crippen molar-refractivity contribution in [2.45, 2.75) is 65.8 Å². The number of pyridine rings is 1. The molecule has 2 heterocycles. The van der Waals surface area contributed by atoms with E-state index >= 15 is 0 Å². The fourth-order valence-corrected chi connectivity index (χ4v) is 3.38. The lowest BCUT2D eigenvalue weighted by Gasteiger charge is -2.27.